The van der Waals surface area contributed by atoms with Crippen LogP contribution in [0.25, 0.3) is 0 Å². The Balaban J connectivity index is 1.92. The molecule has 0 bridgehead atoms. The molecular weight excluding hydrogens is 222 g/mol. The van der Waals surface area contributed by atoms with E-state index >= 15 is 0 Å². The topological polar surface area (TPSA) is 33.1 Å². The highest BCUT2D eigenvalue weighted by Crippen LogP contribution is 2.50. The number of pyridine rings is 1. The van der Waals surface area contributed by atoms with E-state index in [4.69, 9.17) is 0 Å². The maximum Gasteiger partial charge on any atom is 0.0736 e. The largest absolute Gasteiger partial charge is 0.389 e. The average Bonchev–Trinajstić information content (AvgIpc) is 2.71. The first kappa shape index (κ1) is 12.2. The molecule has 1 fully saturated rings. The van der Waals surface area contributed by atoms with E-state index in [1.54, 1.807) is 0 Å². The third-order valence-corrected chi connectivity index (χ3v) is 4.86. The lowest BCUT2D eigenvalue weighted by atomic mass is 9.65. The molecule has 1 aromatic heterocycles. The Hall–Kier alpha value is -0.890. The second-order valence-electron chi connectivity index (χ2n) is 6.94. The number of aromatic nitrogens is 1. The van der Waals surface area contributed by atoms with Crippen LogP contribution in [-0.4, -0.2) is 15.7 Å². The molecule has 1 N–H and O–H groups in total. The zero-order valence-electron chi connectivity index (χ0n) is 11.4. The highest BCUT2D eigenvalue weighted by Gasteiger charge is 2.47. The molecule has 2 nitrogen and oxygen atoms in total. The summed E-state index contributed by atoms with van der Waals surface area (Å²) in [6, 6.07) is 4.18. The van der Waals surface area contributed by atoms with Gasteiger partial charge in [-0.25, -0.2) is 0 Å². The molecule has 2 aliphatic rings. The van der Waals surface area contributed by atoms with Gasteiger partial charge in [0.05, 0.1) is 5.60 Å². The molecule has 2 atom stereocenters. The highest BCUT2D eigenvalue weighted by atomic mass is 16.3. The normalized spacial score (nSPS) is 34.3. The van der Waals surface area contributed by atoms with E-state index in [1.807, 2.05) is 12.3 Å². The van der Waals surface area contributed by atoms with Crippen LogP contribution in [0.15, 0.2) is 18.3 Å². The molecule has 0 aromatic carbocycles. The van der Waals surface area contributed by atoms with Crippen molar-refractivity contribution >= 4 is 0 Å². The van der Waals surface area contributed by atoms with Crippen LogP contribution in [0.2, 0.25) is 0 Å². The summed E-state index contributed by atoms with van der Waals surface area (Å²) in [7, 11) is 0. The van der Waals surface area contributed by atoms with E-state index < -0.39 is 5.60 Å². The molecule has 0 saturated heterocycles. The number of hydrogen-bond acceptors (Lipinski definition) is 2. The van der Waals surface area contributed by atoms with Crippen molar-refractivity contribution in [3.8, 4) is 0 Å². The lowest BCUT2D eigenvalue weighted by molar-refractivity contribution is -0.0603. The van der Waals surface area contributed by atoms with Crippen molar-refractivity contribution in [2.24, 2.45) is 5.41 Å². The van der Waals surface area contributed by atoms with Crippen molar-refractivity contribution in [3.05, 3.63) is 29.6 Å². The Morgan fingerprint density at radius 1 is 1.33 bits per heavy atom. The van der Waals surface area contributed by atoms with Gasteiger partial charge in [-0.2, -0.15) is 0 Å². The van der Waals surface area contributed by atoms with Gasteiger partial charge < -0.3 is 5.11 Å². The molecule has 2 heteroatoms. The van der Waals surface area contributed by atoms with Gasteiger partial charge in [0.15, 0.2) is 0 Å². The van der Waals surface area contributed by atoms with Crippen molar-refractivity contribution in [3.63, 3.8) is 0 Å². The Kier molecular flexibility index (Phi) is 2.74. The van der Waals surface area contributed by atoms with Gasteiger partial charge in [0.2, 0.25) is 0 Å². The number of hydrogen-bond donors (Lipinski definition) is 1. The Bertz CT molecular complexity index is 454. The Labute approximate surface area is 109 Å². The summed E-state index contributed by atoms with van der Waals surface area (Å²) >= 11 is 0. The number of aliphatic hydroxyl groups is 1. The predicted octanol–water partition coefficient (Wildman–Crippen LogP) is 3.44. The molecule has 2 aliphatic carbocycles. The lowest BCUT2D eigenvalue weighted by Crippen LogP contribution is -2.43. The predicted molar refractivity (Wildman–Crippen MR) is 72.5 cm³/mol. The third-order valence-electron chi connectivity index (χ3n) is 4.86. The van der Waals surface area contributed by atoms with Gasteiger partial charge in [0, 0.05) is 17.8 Å². The Morgan fingerprint density at radius 3 is 2.94 bits per heavy atom. The van der Waals surface area contributed by atoms with Gasteiger partial charge in [-0.3, -0.25) is 4.98 Å². The number of nitrogens with zero attached hydrogens (tertiary/aromatic N) is 1. The van der Waals surface area contributed by atoms with Gasteiger partial charge in [0.1, 0.15) is 0 Å². The maximum absolute atomic E-state index is 11.1. The summed E-state index contributed by atoms with van der Waals surface area (Å²) in [4.78, 5) is 4.55. The molecule has 18 heavy (non-hydrogen) atoms. The van der Waals surface area contributed by atoms with E-state index in [9.17, 15) is 5.11 Å². The van der Waals surface area contributed by atoms with Crippen molar-refractivity contribution < 1.29 is 5.11 Å². The lowest BCUT2D eigenvalue weighted by Gasteiger charge is -2.45. The zero-order chi connectivity index (χ0) is 12.8. The minimum absolute atomic E-state index is 0.258. The quantitative estimate of drug-likeness (QED) is 0.822. The van der Waals surface area contributed by atoms with Crippen LogP contribution in [0.5, 0.6) is 0 Å². The smallest absolute Gasteiger partial charge is 0.0736 e. The van der Waals surface area contributed by atoms with Gasteiger partial charge in [-0.1, -0.05) is 26.3 Å². The van der Waals surface area contributed by atoms with Crippen LogP contribution in [0.4, 0.5) is 0 Å². The second kappa shape index (κ2) is 4.06. The minimum Gasteiger partial charge on any atom is -0.389 e. The first-order valence-electron chi connectivity index (χ1n) is 7.16. The minimum atomic E-state index is -0.526. The molecular formula is C16H23NO. The molecule has 0 aliphatic heterocycles. The first-order valence-corrected chi connectivity index (χ1v) is 7.16. The first-order chi connectivity index (χ1) is 8.50. The zero-order valence-corrected chi connectivity index (χ0v) is 11.4. The molecule has 2 unspecified atom stereocenters. The van der Waals surface area contributed by atoms with Crippen molar-refractivity contribution in [2.75, 3.05) is 0 Å². The van der Waals surface area contributed by atoms with Crippen LogP contribution in [0.3, 0.4) is 0 Å². The van der Waals surface area contributed by atoms with Gasteiger partial charge >= 0.3 is 0 Å². The third kappa shape index (κ3) is 1.97. The highest BCUT2D eigenvalue weighted by molar-refractivity contribution is 5.31. The van der Waals surface area contributed by atoms with E-state index in [-0.39, 0.29) is 11.3 Å². The number of fused-ring (bicyclic) bond motifs is 1. The van der Waals surface area contributed by atoms with Crippen LogP contribution in [0.1, 0.15) is 63.1 Å². The summed E-state index contributed by atoms with van der Waals surface area (Å²) in [5.41, 5.74) is 2.25. The Morgan fingerprint density at radius 2 is 2.17 bits per heavy atom. The van der Waals surface area contributed by atoms with E-state index in [2.05, 4.69) is 24.9 Å². The summed E-state index contributed by atoms with van der Waals surface area (Å²) in [5, 5.41) is 11.1. The average molecular weight is 245 g/mol. The maximum atomic E-state index is 11.1. The fourth-order valence-electron chi connectivity index (χ4n) is 4.11. The second-order valence-corrected chi connectivity index (χ2v) is 6.94. The fraction of sp³-hybridized carbons (Fsp3) is 0.688. The van der Waals surface area contributed by atoms with Gasteiger partial charge in [-0.15, -0.1) is 0 Å². The van der Waals surface area contributed by atoms with Crippen LogP contribution < -0.4 is 0 Å². The molecule has 0 spiro atoms. The summed E-state index contributed by atoms with van der Waals surface area (Å²) in [6.45, 7) is 4.57. The number of rotatable bonds is 1. The molecule has 1 saturated carbocycles. The number of aryl methyl sites for hydroxylation is 1. The van der Waals surface area contributed by atoms with Gasteiger partial charge in [-0.05, 0) is 49.1 Å². The molecule has 1 aromatic rings. The van der Waals surface area contributed by atoms with Crippen LogP contribution in [-0.2, 0) is 6.42 Å². The SMILES string of the molecule is CC1(C)CCCC(O)(C2CCc3cccnc32)C1. The summed E-state index contributed by atoms with van der Waals surface area (Å²) < 4.78 is 0. The van der Waals surface area contributed by atoms with Crippen molar-refractivity contribution in [1.29, 1.82) is 0 Å². The van der Waals surface area contributed by atoms with Crippen LogP contribution in [0, 0.1) is 5.41 Å². The van der Waals surface area contributed by atoms with E-state index in [1.165, 1.54) is 12.0 Å². The molecule has 0 radical (unpaired) electrons. The van der Waals surface area contributed by atoms with Crippen LogP contribution >= 0.6 is 0 Å². The van der Waals surface area contributed by atoms with E-state index in [0.29, 0.717) is 0 Å². The summed E-state index contributed by atoms with van der Waals surface area (Å²) in [5.74, 6) is 0.258. The molecule has 3 rings (SSSR count). The standard InChI is InChI=1S/C16H23NO/c1-15(2)8-4-9-16(18,11-15)13-7-6-12-5-3-10-17-14(12)13/h3,5,10,13,18H,4,6-9,11H2,1-2H3. The molecule has 98 valence electrons. The molecule has 1 heterocycles. The summed E-state index contributed by atoms with van der Waals surface area (Å²) in [6.07, 6.45) is 8.25. The fourth-order valence-corrected chi connectivity index (χ4v) is 4.11. The molecule has 0 amide bonds. The monoisotopic (exact) mass is 245 g/mol. The van der Waals surface area contributed by atoms with E-state index in [0.717, 1.165) is 37.8 Å². The van der Waals surface area contributed by atoms with Crippen molar-refractivity contribution in [2.45, 2.75) is 63.9 Å². The van der Waals surface area contributed by atoms with Gasteiger partial charge in [0.25, 0.3) is 0 Å². The van der Waals surface area contributed by atoms with Crippen molar-refractivity contribution in [1.82, 2.24) is 4.98 Å².